The van der Waals surface area contributed by atoms with Crippen LogP contribution in [0.3, 0.4) is 0 Å². The van der Waals surface area contributed by atoms with Crippen LogP contribution in [0.15, 0.2) is 0 Å². The summed E-state index contributed by atoms with van der Waals surface area (Å²) in [4.78, 5) is 10.8. The summed E-state index contributed by atoms with van der Waals surface area (Å²) in [5.41, 5.74) is 5.17. The highest BCUT2D eigenvalue weighted by molar-refractivity contribution is 7.99. The third kappa shape index (κ3) is 7.17. The van der Waals surface area contributed by atoms with Crippen molar-refractivity contribution in [3.05, 3.63) is 0 Å². The van der Waals surface area contributed by atoms with Crippen molar-refractivity contribution in [1.82, 2.24) is 5.32 Å². The van der Waals surface area contributed by atoms with Crippen LogP contribution in [0, 0.1) is 0 Å². The predicted molar refractivity (Wildman–Crippen MR) is 60.3 cm³/mol. The molecule has 0 aromatic heterocycles. The van der Waals surface area contributed by atoms with E-state index in [2.05, 4.69) is 5.32 Å². The van der Waals surface area contributed by atoms with Gasteiger partial charge in [-0.3, -0.25) is 4.79 Å². The Labute approximate surface area is 89.6 Å². The summed E-state index contributed by atoms with van der Waals surface area (Å²) in [6, 6.07) is -0.201. The minimum atomic E-state index is -0.284. The molecular weight excluding hydrogens is 200 g/mol. The van der Waals surface area contributed by atoms with Gasteiger partial charge in [0.25, 0.3) is 0 Å². The molecule has 0 saturated carbocycles. The van der Waals surface area contributed by atoms with Crippen molar-refractivity contribution in [2.45, 2.75) is 25.8 Å². The molecule has 0 saturated heterocycles. The minimum absolute atomic E-state index is 0.201. The molecule has 5 heteroatoms. The van der Waals surface area contributed by atoms with E-state index in [9.17, 15) is 4.79 Å². The number of nitrogens with two attached hydrogens (primary N) is 1. The highest BCUT2D eigenvalue weighted by Crippen LogP contribution is 2.00. The second kappa shape index (κ2) is 9.30. The first-order chi connectivity index (χ1) is 6.72. The van der Waals surface area contributed by atoms with E-state index in [1.165, 1.54) is 0 Å². The summed E-state index contributed by atoms with van der Waals surface area (Å²) >= 11 is 1.77. The summed E-state index contributed by atoms with van der Waals surface area (Å²) in [6.45, 7) is 2.97. The zero-order chi connectivity index (χ0) is 10.8. The normalized spacial score (nSPS) is 12.7. The van der Waals surface area contributed by atoms with Crippen LogP contribution in [0.1, 0.15) is 19.8 Å². The van der Waals surface area contributed by atoms with Crippen molar-refractivity contribution in [2.75, 3.05) is 24.7 Å². The van der Waals surface area contributed by atoms with Gasteiger partial charge in [0.05, 0.1) is 6.04 Å². The monoisotopic (exact) mass is 220 g/mol. The first-order valence-corrected chi connectivity index (χ1v) is 6.09. The molecule has 0 aliphatic heterocycles. The summed E-state index contributed by atoms with van der Waals surface area (Å²) in [5, 5.41) is 11.6. The highest BCUT2D eigenvalue weighted by Gasteiger charge is 2.10. The first kappa shape index (κ1) is 13.7. The SMILES string of the molecule is CCC(NCCSCCCO)C(N)=O. The third-order valence-corrected chi connectivity index (χ3v) is 2.91. The molecule has 0 aromatic carbocycles. The lowest BCUT2D eigenvalue weighted by Crippen LogP contribution is -2.41. The largest absolute Gasteiger partial charge is 0.396 e. The maximum absolute atomic E-state index is 10.8. The zero-order valence-corrected chi connectivity index (χ0v) is 9.48. The molecule has 14 heavy (non-hydrogen) atoms. The number of aliphatic hydroxyl groups is 1. The van der Waals surface area contributed by atoms with E-state index in [-0.39, 0.29) is 18.6 Å². The van der Waals surface area contributed by atoms with E-state index in [0.29, 0.717) is 0 Å². The zero-order valence-electron chi connectivity index (χ0n) is 8.66. The van der Waals surface area contributed by atoms with E-state index >= 15 is 0 Å². The first-order valence-electron chi connectivity index (χ1n) is 4.93. The number of aliphatic hydroxyl groups excluding tert-OH is 1. The second-order valence-electron chi connectivity index (χ2n) is 3.01. The van der Waals surface area contributed by atoms with Crippen LogP contribution in [0.2, 0.25) is 0 Å². The predicted octanol–water partition coefficient (Wildman–Crippen LogP) is -0.0445. The molecule has 84 valence electrons. The van der Waals surface area contributed by atoms with Gasteiger partial charge in [-0.1, -0.05) is 6.92 Å². The van der Waals surface area contributed by atoms with Gasteiger partial charge in [-0.05, 0) is 18.6 Å². The molecule has 0 rings (SSSR count). The van der Waals surface area contributed by atoms with Gasteiger partial charge >= 0.3 is 0 Å². The van der Waals surface area contributed by atoms with Gasteiger partial charge in [0, 0.05) is 18.9 Å². The molecule has 0 aliphatic rings. The van der Waals surface area contributed by atoms with Gasteiger partial charge in [0.15, 0.2) is 0 Å². The number of nitrogens with one attached hydrogen (secondary N) is 1. The fourth-order valence-corrected chi connectivity index (χ4v) is 1.82. The lowest BCUT2D eigenvalue weighted by atomic mass is 10.2. The van der Waals surface area contributed by atoms with Crippen LogP contribution < -0.4 is 11.1 Å². The number of hydrogen-bond acceptors (Lipinski definition) is 4. The Morgan fingerprint density at radius 1 is 1.57 bits per heavy atom. The smallest absolute Gasteiger partial charge is 0.234 e. The molecule has 0 aliphatic carbocycles. The number of thioether (sulfide) groups is 1. The van der Waals surface area contributed by atoms with Crippen LogP contribution in [-0.2, 0) is 4.79 Å². The number of amides is 1. The summed E-state index contributed by atoms with van der Waals surface area (Å²) in [6.07, 6.45) is 1.56. The topological polar surface area (TPSA) is 75.3 Å². The van der Waals surface area contributed by atoms with Crippen molar-refractivity contribution in [3.8, 4) is 0 Å². The Balaban J connectivity index is 3.29. The Hall–Kier alpha value is -0.260. The molecule has 4 N–H and O–H groups in total. The third-order valence-electron chi connectivity index (χ3n) is 1.84. The molecule has 0 radical (unpaired) electrons. The van der Waals surface area contributed by atoms with Crippen molar-refractivity contribution in [2.24, 2.45) is 5.73 Å². The molecule has 0 heterocycles. The minimum Gasteiger partial charge on any atom is -0.396 e. The fraction of sp³-hybridized carbons (Fsp3) is 0.889. The van der Waals surface area contributed by atoms with Gasteiger partial charge in [-0.25, -0.2) is 0 Å². The molecule has 1 unspecified atom stereocenters. The average Bonchev–Trinajstić information content (AvgIpc) is 2.16. The number of carbonyl (C=O) groups is 1. The van der Waals surface area contributed by atoms with Crippen LogP contribution in [-0.4, -0.2) is 41.7 Å². The maximum Gasteiger partial charge on any atom is 0.234 e. The quantitative estimate of drug-likeness (QED) is 0.476. The van der Waals surface area contributed by atoms with E-state index in [1.54, 1.807) is 11.8 Å². The number of primary amides is 1. The standard InChI is InChI=1S/C9H20N2O2S/c1-2-8(9(10)13)11-4-7-14-6-3-5-12/h8,11-12H,2-7H2,1H3,(H2,10,13). The van der Waals surface area contributed by atoms with Crippen molar-refractivity contribution < 1.29 is 9.90 Å². The molecule has 0 spiro atoms. The molecule has 0 bridgehead atoms. The van der Waals surface area contributed by atoms with E-state index in [1.807, 2.05) is 6.92 Å². The van der Waals surface area contributed by atoms with Crippen molar-refractivity contribution in [3.63, 3.8) is 0 Å². The Bertz CT molecular complexity index is 156. The summed E-state index contributed by atoms with van der Waals surface area (Å²) in [7, 11) is 0. The van der Waals surface area contributed by atoms with Gasteiger partial charge in [-0.15, -0.1) is 0 Å². The highest BCUT2D eigenvalue weighted by atomic mass is 32.2. The van der Waals surface area contributed by atoms with Crippen LogP contribution in [0.5, 0.6) is 0 Å². The van der Waals surface area contributed by atoms with Crippen LogP contribution >= 0.6 is 11.8 Å². The molecule has 0 aromatic rings. The summed E-state index contributed by atoms with van der Waals surface area (Å²) in [5.74, 6) is 1.63. The maximum atomic E-state index is 10.8. The molecule has 0 fully saturated rings. The van der Waals surface area contributed by atoms with E-state index < -0.39 is 0 Å². The van der Waals surface area contributed by atoms with Crippen LogP contribution in [0.25, 0.3) is 0 Å². The van der Waals surface area contributed by atoms with Gasteiger partial charge in [-0.2, -0.15) is 11.8 Å². The van der Waals surface area contributed by atoms with Gasteiger partial charge in [0.2, 0.25) is 5.91 Å². The fourth-order valence-electron chi connectivity index (χ4n) is 1.02. The Morgan fingerprint density at radius 2 is 2.29 bits per heavy atom. The molecular formula is C9H20N2O2S. The lowest BCUT2D eigenvalue weighted by Gasteiger charge is -2.12. The molecule has 1 amide bonds. The molecule has 4 nitrogen and oxygen atoms in total. The summed E-state index contributed by atoms with van der Waals surface area (Å²) < 4.78 is 0. The molecule has 1 atom stereocenters. The average molecular weight is 220 g/mol. The second-order valence-corrected chi connectivity index (χ2v) is 4.23. The van der Waals surface area contributed by atoms with E-state index in [0.717, 1.165) is 30.9 Å². The lowest BCUT2D eigenvalue weighted by molar-refractivity contribution is -0.120. The Kier molecular flexibility index (Phi) is 9.13. The van der Waals surface area contributed by atoms with Crippen LogP contribution in [0.4, 0.5) is 0 Å². The number of hydrogen-bond donors (Lipinski definition) is 3. The van der Waals surface area contributed by atoms with Crippen molar-refractivity contribution >= 4 is 17.7 Å². The number of rotatable bonds is 9. The Morgan fingerprint density at radius 3 is 2.79 bits per heavy atom. The van der Waals surface area contributed by atoms with Gasteiger partial charge in [0.1, 0.15) is 0 Å². The van der Waals surface area contributed by atoms with Gasteiger partial charge < -0.3 is 16.2 Å². The van der Waals surface area contributed by atoms with E-state index in [4.69, 9.17) is 10.8 Å². The van der Waals surface area contributed by atoms with Crippen molar-refractivity contribution in [1.29, 1.82) is 0 Å². The number of carbonyl (C=O) groups excluding carboxylic acids is 1.